The molecule has 1 fully saturated rings. The summed E-state index contributed by atoms with van der Waals surface area (Å²) >= 11 is 1.48. The lowest BCUT2D eigenvalue weighted by Crippen LogP contribution is -2.32. The first-order chi connectivity index (χ1) is 9.74. The summed E-state index contributed by atoms with van der Waals surface area (Å²) in [5.74, 6) is -0.355. The van der Waals surface area contributed by atoms with Crippen LogP contribution in [0.1, 0.15) is 23.8 Å². The first-order valence-electron chi connectivity index (χ1n) is 6.95. The predicted molar refractivity (Wildman–Crippen MR) is 78.4 cm³/mol. The van der Waals surface area contributed by atoms with Crippen LogP contribution in [0.25, 0.3) is 0 Å². The molecule has 2 rings (SSSR count). The van der Waals surface area contributed by atoms with E-state index >= 15 is 0 Å². The highest BCUT2D eigenvalue weighted by molar-refractivity contribution is 7.13. The summed E-state index contributed by atoms with van der Waals surface area (Å²) in [4.78, 5) is 20.4. The van der Waals surface area contributed by atoms with Gasteiger partial charge in [0.15, 0.2) is 10.8 Å². The first-order valence-corrected chi connectivity index (χ1v) is 7.83. The molecule has 0 saturated carbocycles. The third-order valence-corrected chi connectivity index (χ3v) is 4.15. The highest BCUT2D eigenvalue weighted by Crippen LogP contribution is 2.22. The summed E-state index contributed by atoms with van der Waals surface area (Å²) in [7, 11) is 0. The number of hydrogen-bond acceptors (Lipinski definition) is 7. The minimum Gasteiger partial charge on any atom is -0.461 e. The minimum atomic E-state index is -0.355. The SMILES string of the molecule is CCOC(=O)c1csc(N2CCCN(CCO)CC2)n1. The molecular weight excluding hydrogens is 278 g/mol. The molecule has 20 heavy (non-hydrogen) atoms. The Hall–Kier alpha value is -1.18. The van der Waals surface area contributed by atoms with Crippen LogP contribution >= 0.6 is 11.3 Å². The molecule has 0 aromatic carbocycles. The Bertz CT molecular complexity index is 438. The fraction of sp³-hybridized carbons (Fsp3) is 0.692. The van der Waals surface area contributed by atoms with E-state index in [1.165, 1.54) is 11.3 Å². The standard InChI is InChI=1S/C13H21N3O3S/c1-2-19-12(18)11-10-20-13(14-11)16-5-3-4-15(6-7-16)8-9-17/h10,17H,2-9H2,1H3. The Labute approximate surface area is 123 Å². The maximum Gasteiger partial charge on any atom is 0.357 e. The average Bonchev–Trinajstić information content (AvgIpc) is 2.81. The molecule has 0 aliphatic carbocycles. The van der Waals surface area contributed by atoms with Gasteiger partial charge in [-0.3, -0.25) is 4.90 Å². The van der Waals surface area contributed by atoms with E-state index in [1.54, 1.807) is 12.3 Å². The molecule has 1 aliphatic rings. The van der Waals surface area contributed by atoms with Crippen molar-refractivity contribution in [3.05, 3.63) is 11.1 Å². The van der Waals surface area contributed by atoms with Crippen molar-refractivity contribution >= 4 is 22.4 Å². The number of hydrogen-bond donors (Lipinski definition) is 1. The number of carbonyl (C=O) groups is 1. The molecule has 1 aliphatic heterocycles. The fourth-order valence-corrected chi connectivity index (χ4v) is 3.08. The second-order valence-electron chi connectivity index (χ2n) is 4.64. The molecule has 0 amide bonds. The van der Waals surface area contributed by atoms with Gasteiger partial charge < -0.3 is 14.7 Å². The lowest BCUT2D eigenvalue weighted by Gasteiger charge is -2.20. The van der Waals surface area contributed by atoms with Gasteiger partial charge in [0, 0.05) is 31.6 Å². The smallest absolute Gasteiger partial charge is 0.357 e. The molecule has 6 nitrogen and oxygen atoms in total. The van der Waals surface area contributed by atoms with E-state index in [0.29, 0.717) is 12.3 Å². The van der Waals surface area contributed by atoms with E-state index in [4.69, 9.17) is 9.84 Å². The van der Waals surface area contributed by atoms with Crippen molar-refractivity contribution in [1.82, 2.24) is 9.88 Å². The Balaban J connectivity index is 1.96. The molecule has 112 valence electrons. The number of β-amino-alcohol motifs (C(OH)–C–C–N with tert-alkyl or cyclic N) is 1. The van der Waals surface area contributed by atoms with Crippen molar-refractivity contribution in [2.75, 3.05) is 50.8 Å². The molecular formula is C13H21N3O3S. The average molecular weight is 299 g/mol. The number of aromatic nitrogens is 1. The molecule has 2 heterocycles. The third kappa shape index (κ3) is 3.91. The van der Waals surface area contributed by atoms with Crippen LogP contribution in [0, 0.1) is 0 Å². The molecule has 1 aromatic heterocycles. The van der Waals surface area contributed by atoms with E-state index in [2.05, 4.69) is 14.8 Å². The van der Waals surface area contributed by atoms with Crippen molar-refractivity contribution in [3.8, 4) is 0 Å². The van der Waals surface area contributed by atoms with Crippen molar-refractivity contribution in [3.63, 3.8) is 0 Å². The molecule has 1 saturated heterocycles. The van der Waals surface area contributed by atoms with E-state index in [0.717, 1.165) is 44.3 Å². The van der Waals surface area contributed by atoms with Crippen LogP contribution < -0.4 is 4.90 Å². The minimum absolute atomic E-state index is 0.199. The second-order valence-corrected chi connectivity index (χ2v) is 5.48. The largest absolute Gasteiger partial charge is 0.461 e. The van der Waals surface area contributed by atoms with Gasteiger partial charge in [0.1, 0.15) is 0 Å². The van der Waals surface area contributed by atoms with E-state index in [1.807, 2.05) is 0 Å². The van der Waals surface area contributed by atoms with Crippen molar-refractivity contribution in [2.24, 2.45) is 0 Å². The van der Waals surface area contributed by atoms with Crippen LogP contribution in [0.4, 0.5) is 5.13 Å². The van der Waals surface area contributed by atoms with Crippen LogP contribution in [0.5, 0.6) is 0 Å². The maximum atomic E-state index is 11.6. The van der Waals surface area contributed by atoms with Gasteiger partial charge in [-0.25, -0.2) is 9.78 Å². The summed E-state index contributed by atoms with van der Waals surface area (Å²) in [5.41, 5.74) is 0.392. The van der Waals surface area contributed by atoms with Gasteiger partial charge in [-0.15, -0.1) is 11.3 Å². The predicted octanol–water partition coefficient (Wildman–Crippen LogP) is 0.824. The van der Waals surface area contributed by atoms with Crippen molar-refractivity contribution < 1.29 is 14.6 Å². The van der Waals surface area contributed by atoms with Gasteiger partial charge in [-0.1, -0.05) is 0 Å². The van der Waals surface area contributed by atoms with E-state index in [-0.39, 0.29) is 12.6 Å². The lowest BCUT2D eigenvalue weighted by atomic mass is 10.4. The van der Waals surface area contributed by atoms with Gasteiger partial charge in [0.25, 0.3) is 0 Å². The van der Waals surface area contributed by atoms with E-state index < -0.39 is 0 Å². The number of aliphatic hydroxyl groups is 1. The highest BCUT2D eigenvalue weighted by Gasteiger charge is 2.19. The normalized spacial score (nSPS) is 17.0. The number of ether oxygens (including phenoxy) is 1. The van der Waals surface area contributed by atoms with Crippen LogP contribution in [-0.4, -0.2) is 66.9 Å². The Morgan fingerprint density at radius 1 is 1.45 bits per heavy atom. The molecule has 0 spiro atoms. The van der Waals surface area contributed by atoms with Gasteiger partial charge in [0.2, 0.25) is 0 Å². The molecule has 0 unspecified atom stereocenters. The van der Waals surface area contributed by atoms with Gasteiger partial charge in [0.05, 0.1) is 13.2 Å². The van der Waals surface area contributed by atoms with E-state index in [9.17, 15) is 4.79 Å². The first kappa shape index (κ1) is 15.2. The van der Waals surface area contributed by atoms with Gasteiger partial charge >= 0.3 is 5.97 Å². The summed E-state index contributed by atoms with van der Waals surface area (Å²) in [6, 6.07) is 0. The molecule has 0 bridgehead atoms. The molecule has 0 radical (unpaired) electrons. The van der Waals surface area contributed by atoms with Crippen LogP contribution in [0.15, 0.2) is 5.38 Å². The Kier molecular flexibility index (Phi) is 5.75. The molecule has 0 atom stereocenters. The summed E-state index contributed by atoms with van der Waals surface area (Å²) in [5, 5.41) is 11.6. The van der Waals surface area contributed by atoms with Crippen molar-refractivity contribution in [2.45, 2.75) is 13.3 Å². The number of carbonyl (C=O) groups excluding carboxylic acids is 1. The number of aliphatic hydroxyl groups excluding tert-OH is 1. The Morgan fingerprint density at radius 2 is 2.30 bits per heavy atom. The highest BCUT2D eigenvalue weighted by atomic mass is 32.1. The number of anilines is 1. The fourth-order valence-electron chi connectivity index (χ4n) is 2.24. The zero-order chi connectivity index (χ0) is 14.4. The zero-order valence-corrected chi connectivity index (χ0v) is 12.6. The Morgan fingerprint density at radius 3 is 3.05 bits per heavy atom. The zero-order valence-electron chi connectivity index (χ0n) is 11.7. The molecule has 1 N–H and O–H groups in total. The second kappa shape index (κ2) is 7.56. The monoisotopic (exact) mass is 299 g/mol. The molecule has 1 aromatic rings. The lowest BCUT2D eigenvalue weighted by molar-refractivity contribution is 0.0520. The summed E-state index contributed by atoms with van der Waals surface area (Å²) < 4.78 is 4.95. The molecule has 7 heteroatoms. The quantitative estimate of drug-likeness (QED) is 0.812. The number of nitrogens with zero attached hydrogens (tertiary/aromatic N) is 3. The van der Waals surface area contributed by atoms with Crippen molar-refractivity contribution in [1.29, 1.82) is 0 Å². The third-order valence-electron chi connectivity index (χ3n) is 3.25. The van der Waals surface area contributed by atoms with Crippen LogP contribution in [0.2, 0.25) is 0 Å². The number of rotatable bonds is 5. The maximum absolute atomic E-state index is 11.6. The summed E-state index contributed by atoms with van der Waals surface area (Å²) in [6.45, 7) is 6.78. The number of esters is 1. The van der Waals surface area contributed by atoms with Crippen LogP contribution in [-0.2, 0) is 4.74 Å². The summed E-state index contributed by atoms with van der Waals surface area (Å²) in [6.07, 6.45) is 1.04. The number of thiazole rings is 1. The van der Waals surface area contributed by atoms with Gasteiger partial charge in [-0.05, 0) is 19.9 Å². The topological polar surface area (TPSA) is 65.9 Å². The van der Waals surface area contributed by atoms with Gasteiger partial charge in [-0.2, -0.15) is 0 Å². The van der Waals surface area contributed by atoms with Crippen LogP contribution in [0.3, 0.4) is 0 Å².